The van der Waals surface area contributed by atoms with E-state index in [2.05, 4.69) is 42.8 Å². The Kier molecular flexibility index (Phi) is 6.84. The van der Waals surface area contributed by atoms with Crippen molar-refractivity contribution in [1.82, 2.24) is 0 Å². The summed E-state index contributed by atoms with van der Waals surface area (Å²) in [4.78, 5) is 9.59. The standard InChI is InChI=1S/C19H24O2.C3H2O2/c1-5-20-17-11-7-15(8-12-17)19(3,4)16-9-13-18(14-10-16)21-6-2;4-3-1-2-5-3/h7-14H,5-6H2,1-4H3;1-2H. The quantitative estimate of drug-likeness (QED) is 0.695. The van der Waals surface area contributed by atoms with Crippen molar-refractivity contribution >= 4 is 5.97 Å². The van der Waals surface area contributed by atoms with Gasteiger partial charge in [0.15, 0.2) is 0 Å². The summed E-state index contributed by atoms with van der Waals surface area (Å²) in [5, 5.41) is 0. The van der Waals surface area contributed by atoms with Crippen molar-refractivity contribution in [1.29, 1.82) is 0 Å². The first-order chi connectivity index (χ1) is 12.5. The van der Waals surface area contributed by atoms with E-state index in [9.17, 15) is 4.79 Å². The Morgan fingerprint density at radius 1 is 0.808 bits per heavy atom. The zero-order valence-electron chi connectivity index (χ0n) is 15.8. The molecule has 0 saturated carbocycles. The first-order valence-electron chi connectivity index (χ1n) is 8.81. The number of carbonyl (C=O) groups is 1. The molecule has 26 heavy (non-hydrogen) atoms. The third-order valence-corrected chi connectivity index (χ3v) is 4.16. The van der Waals surface area contributed by atoms with E-state index in [1.54, 1.807) is 0 Å². The minimum atomic E-state index is -0.245. The van der Waals surface area contributed by atoms with E-state index >= 15 is 0 Å². The molecule has 0 atom stereocenters. The molecule has 4 heteroatoms. The van der Waals surface area contributed by atoms with Crippen molar-refractivity contribution in [2.24, 2.45) is 0 Å². The third kappa shape index (κ3) is 5.12. The maximum absolute atomic E-state index is 9.59. The monoisotopic (exact) mass is 354 g/mol. The Morgan fingerprint density at radius 3 is 1.38 bits per heavy atom. The third-order valence-electron chi connectivity index (χ3n) is 4.16. The molecule has 0 radical (unpaired) electrons. The highest BCUT2D eigenvalue weighted by molar-refractivity contribution is 5.86. The first-order valence-corrected chi connectivity index (χ1v) is 8.81. The highest BCUT2D eigenvalue weighted by Gasteiger charge is 2.23. The molecule has 0 amide bonds. The second-order valence-corrected chi connectivity index (χ2v) is 6.28. The van der Waals surface area contributed by atoms with E-state index in [0.717, 1.165) is 11.5 Å². The number of ether oxygens (including phenoxy) is 3. The van der Waals surface area contributed by atoms with Crippen LogP contribution in [0, 0.1) is 0 Å². The van der Waals surface area contributed by atoms with Gasteiger partial charge in [-0.05, 0) is 49.2 Å². The number of benzene rings is 2. The number of cyclic esters (lactones) is 1. The van der Waals surface area contributed by atoms with Crippen LogP contribution in [0.2, 0.25) is 0 Å². The SMILES string of the molecule is CCOc1ccc(C(C)(C)c2ccc(OCC)cc2)cc1.O=C1C=CO1. The summed E-state index contributed by atoms with van der Waals surface area (Å²) in [5.41, 5.74) is 2.50. The predicted octanol–water partition coefficient (Wildman–Crippen LogP) is 4.87. The van der Waals surface area contributed by atoms with Crippen LogP contribution in [-0.2, 0) is 14.9 Å². The molecule has 1 heterocycles. The van der Waals surface area contributed by atoms with Crippen molar-refractivity contribution in [2.45, 2.75) is 33.1 Å². The summed E-state index contributed by atoms with van der Waals surface area (Å²) in [7, 11) is 0. The van der Waals surface area contributed by atoms with E-state index in [4.69, 9.17) is 9.47 Å². The van der Waals surface area contributed by atoms with Crippen LogP contribution in [0.25, 0.3) is 0 Å². The number of hydrogen-bond acceptors (Lipinski definition) is 4. The van der Waals surface area contributed by atoms with Crippen molar-refractivity contribution in [2.75, 3.05) is 13.2 Å². The van der Waals surface area contributed by atoms with Crippen LogP contribution < -0.4 is 9.47 Å². The van der Waals surface area contributed by atoms with Crippen LogP contribution in [0.4, 0.5) is 0 Å². The minimum absolute atomic E-state index is 0.0461. The Hall–Kier alpha value is -2.75. The molecule has 0 aromatic heterocycles. The summed E-state index contributed by atoms with van der Waals surface area (Å²) < 4.78 is 15.1. The molecule has 0 fully saturated rings. The largest absolute Gasteiger partial charge is 0.494 e. The lowest BCUT2D eigenvalue weighted by Crippen LogP contribution is -2.18. The van der Waals surface area contributed by atoms with Gasteiger partial charge in [0.2, 0.25) is 0 Å². The highest BCUT2D eigenvalue weighted by atomic mass is 16.5. The average molecular weight is 354 g/mol. The van der Waals surface area contributed by atoms with E-state index < -0.39 is 0 Å². The van der Waals surface area contributed by atoms with Crippen LogP contribution in [0.5, 0.6) is 11.5 Å². The van der Waals surface area contributed by atoms with Crippen LogP contribution in [-0.4, -0.2) is 19.2 Å². The molecule has 0 aliphatic carbocycles. The Bertz CT molecular complexity index is 676. The summed E-state index contributed by atoms with van der Waals surface area (Å²) >= 11 is 0. The van der Waals surface area contributed by atoms with E-state index in [-0.39, 0.29) is 11.4 Å². The topological polar surface area (TPSA) is 44.8 Å². The van der Waals surface area contributed by atoms with Crippen LogP contribution in [0.1, 0.15) is 38.8 Å². The minimum Gasteiger partial charge on any atom is -0.494 e. The summed E-state index contributed by atoms with van der Waals surface area (Å²) in [6.07, 6.45) is 2.71. The van der Waals surface area contributed by atoms with Crippen molar-refractivity contribution < 1.29 is 19.0 Å². The van der Waals surface area contributed by atoms with E-state index in [0.29, 0.717) is 13.2 Å². The van der Waals surface area contributed by atoms with Gasteiger partial charge in [0, 0.05) is 5.41 Å². The van der Waals surface area contributed by atoms with Gasteiger partial charge in [-0.3, -0.25) is 0 Å². The van der Waals surface area contributed by atoms with Gasteiger partial charge in [-0.1, -0.05) is 38.1 Å². The molecule has 0 spiro atoms. The van der Waals surface area contributed by atoms with Crippen LogP contribution in [0.15, 0.2) is 60.9 Å². The Balaban J connectivity index is 0.000000417. The molecule has 0 N–H and O–H groups in total. The number of carbonyl (C=O) groups excluding carboxylic acids is 1. The zero-order valence-corrected chi connectivity index (χ0v) is 15.8. The fraction of sp³-hybridized carbons (Fsp3) is 0.318. The first kappa shape index (κ1) is 19.6. The van der Waals surface area contributed by atoms with Crippen molar-refractivity contribution in [3.8, 4) is 11.5 Å². The molecular weight excluding hydrogens is 328 g/mol. The Labute approximate surface area is 155 Å². The zero-order chi connectivity index (χ0) is 19.0. The predicted molar refractivity (Wildman–Crippen MR) is 103 cm³/mol. The fourth-order valence-corrected chi connectivity index (χ4v) is 2.56. The van der Waals surface area contributed by atoms with Gasteiger partial charge in [0.05, 0.1) is 19.3 Å². The molecular formula is C22H26O4. The van der Waals surface area contributed by atoms with Crippen LogP contribution in [0.3, 0.4) is 0 Å². The number of hydrogen-bond donors (Lipinski definition) is 0. The van der Waals surface area contributed by atoms with Gasteiger partial charge < -0.3 is 14.2 Å². The number of rotatable bonds is 6. The molecule has 138 valence electrons. The molecule has 1 aliphatic rings. The molecule has 1 aliphatic heterocycles. The van der Waals surface area contributed by atoms with Gasteiger partial charge in [-0.2, -0.15) is 0 Å². The molecule has 0 unspecified atom stereocenters. The summed E-state index contributed by atoms with van der Waals surface area (Å²) in [6, 6.07) is 16.7. The normalized spacial score (nSPS) is 12.4. The van der Waals surface area contributed by atoms with E-state index in [1.165, 1.54) is 23.5 Å². The lowest BCUT2D eigenvalue weighted by atomic mass is 9.78. The molecule has 3 rings (SSSR count). The average Bonchev–Trinajstić information content (AvgIpc) is 2.62. The molecule has 0 saturated heterocycles. The van der Waals surface area contributed by atoms with Gasteiger partial charge in [-0.15, -0.1) is 0 Å². The summed E-state index contributed by atoms with van der Waals surface area (Å²) in [6.45, 7) is 9.86. The second kappa shape index (κ2) is 9.09. The maximum Gasteiger partial charge on any atom is 0.338 e. The Morgan fingerprint density at radius 2 is 1.15 bits per heavy atom. The molecule has 2 aromatic carbocycles. The maximum atomic E-state index is 9.59. The van der Waals surface area contributed by atoms with Gasteiger partial charge in [0.25, 0.3) is 0 Å². The second-order valence-electron chi connectivity index (χ2n) is 6.28. The van der Waals surface area contributed by atoms with Gasteiger partial charge >= 0.3 is 5.97 Å². The molecule has 0 bridgehead atoms. The lowest BCUT2D eigenvalue weighted by molar-refractivity contribution is -0.136. The van der Waals surface area contributed by atoms with Crippen LogP contribution >= 0.6 is 0 Å². The molecule has 4 nitrogen and oxygen atoms in total. The number of esters is 1. The fourth-order valence-electron chi connectivity index (χ4n) is 2.56. The van der Waals surface area contributed by atoms with E-state index in [1.807, 2.05) is 38.1 Å². The van der Waals surface area contributed by atoms with Gasteiger partial charge in [0.1, 0.15) is 17.8 Å². The molecule has 2 aromatic rings. The lowest BCUT2D eigenvalue weighted by Gasteiger charge is -2.26. The smallest absolute Gasteiger partial charge is 0.338 e. The van der Waals surface area contributed by atoms with Gasteiger partial charge in [-0.25, -0.2) is 4.79 Å². The van der Waals surface area contributed by atoms with Crippen molar-refractivity contribution in [3.63, 3.8) is 0 Å². The highest BCUT2D eigenvalue weighted by Crippen LogP contribution is 2.33. The van der Waals surface area contributed by atoms with Crippen molar-refractivity contribution in [3.05, 3.63) is 72.0 Å². The summed E-state index contributed by atoms with van der Waals surface area (Å²) in [5.74, 6) is 1.59.